The minimum Gasteiger partial charge on any atom is -0.455 e. The van der Waals surface area contributed by atoms with Gasteiger partial charge in [0.25, 0.3) is 0 Å². The Kier molecular flexibility index (Phi) is 2.55. The van der Waals surface area contributed by atoms with Crippen LogP contribution in [-0.2, 0) is 0 Å². The molecule has 0 aliphatic carbocycles. The van der Waals surface area contributed by atoms with Gasteiger partial charge in [-0.15, -0.1) is 0 Å². The molecular formula is C21H14N2O. The van der Waals surface area contributed by atoms with E-state index in [1.807, 2.05) is 37.3 Å². The van der Waals surface area contributed by atoms with E-state index in [9.17, 15) is 5.26 Å². The van der Waals surface area contributed by atoms with Gasteiger partial charge in [0.15, 0.2) is 0 Å². The molecule has 0 radical (unpaired) electrons. The van der Waals surface area contributed by atoms with Crippen LogP contribution in [0.3, 0.4) is 0 Å². The Morgan fingerprint density at radius 3 is 2.46 bits per heavy atom. The van der Waals surface area contributed by atoms with E-state index < -0.39 is 0 Å². The molecule has 1 atom stereocenters. The van der Waals surface area contributed by atoms with E-state index in [-0.39, 0.29) is 6.04 Å². The van der Waals surface area contributed by atoms with E-state index in [2.05, 4.69) is 41.0 Å². The molecule has 114 valence electrons. The number of hydrogen-bond donors (Lipinski definition) is 0. The summed E-state index contributed by atoms with van der Waals surface area (Å²) in [5, 5.41) is 13.9. The lowest BCUT2D eigenvalue weighted by molar-refractivity contribution is 0.672. The molecular weight excluding hydrogens is 296 g/mol. The van der Waals surface area contributed by atoms with Gasteiger partial charge in [0, 0.05) is 16.2 Å². The molecule has 0 fully saturated rings. The van der Waals surface area contributed by atoms with Gasteiger partial charge in [0.2, 0.25) is 0 Å². The second-order valence-electron chi connectivity index (χ2n) is 6.13. The van der Waals surface area contributed by atoms with Crippen LogP contribution in [0.15, 0.2) is 65.1 Å². The highest BCUT2D eigenvalue weighted by Gasteiger charge is 2.19. The maximum Gasteiger partial charge on any atom is 0.145 e. The van der Waals surface area contributed by atoms with Crippen LogP contribution in [-0.4, -0.2) is 4.57 Å². The van der Waals surface area contributed by atoms with Crippen LogP contribution in [0.4, 0.5) is 0 Å². The molecule has 2 aromatic heterocycles. The van der Waals surface area contributed by atoms with E-state index in [0.717, 1.165) is 43.7 Å². The third kappa shape index (κ3) is 1.55. The van der Waals surface area contributed by atoms with E-state index in [0.29, 0.717) is 0 Å². The minimum absolute atomic E-state index is 0.241. The minimum atomic E-state index is -0.241. The third-order valence-electron chi connectivity index (χ3n) is 4.79. The number of para-hydroxylation sites is 2. The first-order chi connectivity index (χ1) is 11.8. The number of furan rings is 1. The van der Waals surface area contributed by atoms with Gasteiger partial charge in [0.1, 0.15) is 17.2 Å². The zero-order chi connectivity index (χ0) is 16.3. The summed E-state index contributed by atoms with van der Waals surface area (Å²) < 4.78 is 8.30. The maximum absolute atomic E-state index is 9.46. The molecule has 0 aliphatic heterocycles. The van der Waals surface area contributed by atoms with Crippen LogP contribution >= 0.6 is 0 Å². The van der Waals surface area contributed by atoms with Crippen molar-refractivity contribution in [2.45, 2.75) is 13.0 Å². The van der Waals surface area contributed by atoms with Crippen molar-refractivity contribution in [2.75, 3.05) is 0 Å². The smallest absolute Gasteiger partial charge is 0.145 e. The second kappa shape index (κ2) is 4.62. The molecule has 0 saturated heterocycles. The fraction of sp³-hybridized carbons (Fsp3) is 0.0952. The van der Waals surface area contributed by atoms with Gasteiger partial charge in [-0.05, 0) is 31.2 Å². The fourth-order valence-electron chi connectivity index (χ4n) is 3.74. The van der Waals surface area contributed by atoms with Crippen molar-refractivity contribution in [1.29, 1.82) is 5.26 Å². The van der Waals surface area contributed by atoms with Crippen molar-refractivity contribution >= 4 is 43.7 Å². The molecule has 24 heavy (non-hydrogen) atoms. The highest BCUT2D eigenvalue weighted by atomic mass is 16.3. The summed E-state index contributed by atoms with van der Waals surface area (Å²) in [6, 6.07) is 22.6. The first-order valence-corrected chi connectivity index (χ1v) is 8.02. The number of aromatic nitrogens is 1. The summed E-state index contributed by atoms with van der Waals surface area (Å²) in [7, 11) is 0. The van der Waals surface area contributed by atoms with Crippen molar-refractivity contribution < 1.29 is 4.42 Å². The van der Waals surface area contributed by atoms with Gasteiger partial charge < -0.3 is 8.98 Å². The van der Waals surface area contributed by atoms with Crippen LogP contribution < -0.4 is 0 Å². The SMILES string of the molecule is CC(C#N)n1c2ccccc2c2c3oc4ccccc4c3ccc21. The third-order valence-corrected chi connectivity index (χ3v) is 4.79. The Balaban J connectivity index is 2.09. The number of hydrogen-bond acceptors (Lipinski definition) is 2. The predicted octanol–water partition coefficient (Wildman–Crippen LogP) is 5.78. The topological polar surface area (TPSA) is 41.9 Å². The van der Waals surface area contributed by atoms with Crippen molar-refractivity contribution in [3.05, 3.63) is 60.7 Å². The van der Waals surface area contributed by atoms with Crippen molar-refractivity contribution in [3.8, 4) is 6.07 Å². The predicted molar refractivity (Wildman–Crippen MR) is 97.0 cm³/mol. The summed E-state index contributed by atoms with van der Waals surface area (Å²) in [4.78, 5) is 0. The highest BCUT2D eigenvalue weighted by Crippen LogP contribution is 2.40. The number of fused-ring (bicyclic) bond motifs is 7. The fourth-order valence-corrected chi connectivity index (χ4v) is 3.74. The lowest BCUT2D eigenvalue weighted by Gasteiger charge is -2.08. The van der Waals surface area contributed by atoms with Crippen LogP contribution in [0.5, 0.6) is 0 Å². The highest BCUT2D eigenvalue weighted by molar-refractivity contribution is 6.23. The van der Waals surface area contributed by atoms with Crippen molar-refractivity contribution in [2.24, 2.45) is 0 Å². The normalized spacial score (nSPS) is 13.0. The number of nitriles is 1. The Labute approximate surface area is 138 Å². The molecule has 5 rings (SSSR count). The lowest BCUT2D eigenvalue weighted by atomic mass is 10.1. The molecule has 0 saturated carbocycles. The summed E-state index contributed by atoms with van der Waals surface area (Å²) in [5.41, 5.74) is 3.89. The molecule has 3 aromatic carbocycles. The number of rotatable bonds is 1. The van der Waals surface area contributed by atoms with Gasteiger partial charge in [0.05, 0.1) is 22.5 Å². The van der Waals surface area contributed by atoms with Crippen molar-refractivity contribution in [3.63, 3.8) is 0 Å². The van der Waals surface area contributed by atoms with E-state index in [1.165, 1.54) is 0 Å². The second-order valence-corrected chi connectivity index (χ2v) is 6.13. The van der Waals surface area contributed by atoms with Gasteiger partial charge in [-0.25, -0.2) is 0 Å². The van der Waals surface area contributed by atoms with Crippen LogP contribution in [0.1, 0.15) is 13.0 Å². The van der Waals surface area contributed by atoms with Gasteiger partial charge in [-0.2, -0.15) is 5.26 Å². The van der Waals surface area contributed by atoms with Crippen molar-refractivity contribution in [1.82, 2.24) is 4.57 Å². The Hall–Kier alpha value is -3.25. The summed E-state index contributed by atoms with van der Waals surface area (Å²) in [5.74, 6) is 0. The largest absolute Gasteiger partial charge is 0.455 e. The molecule has 1 unspecified atom stereocenters. The Bertz CT molecular complexity index is 1280. The molecule has 3 heteroatoms. The Morgan fingerprint density at radius 2 is 1.62 bits per heavy atom. The summed E-state index contributed by atoms with van der Waals surface area (Å²) in [6.07, 6.45) is 0. The number of benzene rings is 3. The monoisotopic (exact) mass is 310 g/mol. The molecule has 3 nitrogen and oxygen atoms in total. The molecule has 0 aliphatic rings. The van der Waals surface area contributed by atoms with E-state index >= 15 is 0 Å². The molecule has 0 amide bonds. The van der Waals surface area contributed by atoms with Gasteiger partial charge in [-0.3, -0.25) is 0 Å². The van der Waals surface area contributed by atoms with E-state index in [1.54, 1.807) is 0 Å². The zero-order valence-electron chi connectivity index (χ0n) is 13.2. The Morgan fingerprint density at radius 1 is 0.875 bits per heavy atom. The maximum atomic E-state index is 9.46. The first-order valence-electron chi connectivity index (χ1n) is 8.02. The molecule has 0 spiro atoms. The van der Waals surface area contributed by atoms with Gasteiger partial charge in [-0.1, -0.05) is 36.4 Å². The lowest BCUT2D eigenvalue weighted by Crippen LogP contribution is -2.01. The molecule has 2 heterocycles. The summed E-state index contributed by atoms with van der Waals surface area (Å²) >= 11 is 0. The standard InChI is InChI=1S/C21H14N2O/c1-13(12-22)23-17-8-4-2-7-16(17)20-18(23)11-10-15-14-6-3-5-9-19(14)24-21(15)20/h2-11,13H,1H3. The molecule has 0 bridgehead atoms. The average Bonchev–Trinajstić information content (AvgIpc) is 3.16. The van der Waals surface area contributed by atoms with Crippen LogP contribution in [0, 0.1) is 11.3 Å². The zero-order valence-corrected chi connectivity index (χ0v) is 13.2. The average molecular weight is 310 g/mol. The molecule has 0 N–H and O–H groups in total. The number of nitrogens with zero attached hydrogens (tertiary/aromatic N) is 2. The molecule has 5 aromatic rings. The van der Waals surface area contributed by atoms with E-state index in [4.69, 9.17) is 4.42 Å². The van der Waals surface area contributed by atoms with Gasteiger partial charge >= 0.3 is 0 Å². The van der Waals surface area contributed by atoms with Crippen LogP contribution in [0.2, 0.25) is 0 Å². The first kappa shape index (κ1) is 13.2. The quantitative estimate of drug-likeness (QED) is 0.394. The summed E-state index contributed by atoms with van der Waals surface area (Å²) in [6.45, 7) is 1.93. The van der Waals surface area contributed by atoms with Crippen LogP contribution in [0.25, 0.3) is 43.7 Å².